The molecule has 122 valence electrons. The van der Waals surface area contributed by atoms with Crippen molar-refractivity contribution in [2.75, 3.05) is 6.61 Å². The molecule has 1 aromatic carbocycles. The first-order valence-electron chi connectivity index (χ1n) is 7.46. The Hall–Kier alpha value is -1.02. The smallest absolute Gasteiger partial charge is 0.190 e. The van der Waals surface area contributed by atoms with Gasteiger partial charge in [-0.3, -0.25) is 0 Å². The summed E-state index contributed by atoms with van der Waals surface area (Å²) in [5.74, 6) is -0.751. The first-order chi connectivity index (χ1) is 10.5. The van der Waals surface area contributed by atoms with Crippen molar-refractivity contribution >= 4 is 0 Å². The van der Waals surface area contributed by atoms with Gasteiger partial charge in [-0.2, -0.15) is 0 Å². The van der Waals surface area contributed by atoms with Crippen LogP contribution in [0, 0.1) is 0 Å². The zero-order valence-electron chi connectivity index (χ0n) is 12.7. The topological polar surface area (TPSA) is 77.4 Å². The maximum Gasteiger partial charge on any atom is 0.190 e. The van der Waals surface area contributed by atoms with Gasteiger partial charge in [-0.05, 0) is 19.4 Å². The molecule has 3 rings (SSSR count). The average molecular weight is 310 g/mol. The number of aliphatic hydroxyl groups excluding tert-OH is 2. The van der Waals surface area contributed by atoms with Crippen LogP contribution in [0.25, 0.3) is 0 Å². The lowest BCUT2D eigenvalue weighted by atomic mass is 10.1. The summed E-state index contributed by atoms with van der Waals surface area (Å²) < 4.78 is 23.1. The Bertz CT molecular complexity index is 491. The quantitative estimate of drug-likeness (QED) is 0.838. The Labute approximate surface area is 129 Å². The van der Waals surface area contributed by atoms with Crippen LogP contribution in [-0.4, -0.2) is 53.3 Å². The molecule has 2 fully saturated rings. The Balaban J connectivity index is 1.71. The van der Waals surface area contributed by atoms with Crippen molar-refractivity contribution in [2.45, 2.75) is 56.9 Å². The van der Waals surface area contributed by atoms with E-state index >= 15 is 0 Å². The molecule has 0 unspecified atom stereocenters. The van der Waals surface area contributed by atoms with Gasteiger partial charge in [-0.15, -0.1) is 0 Å². The van der Waals surface area contributed by atoms with Crippen molar-refractivity contribution in [2.24, 2.45) is 0 Å². The van der Waals surface area contributed by atoms with E-state index in [1.807, 2.05) is 30.3 Å². The molecule has 22 heavy (non-hydrogen) atoms. The van der Waals surface area contributed by atoms with Gasteiger partial charge >= 0.3 is 0 Å². The zero-order chi connectivity index (χ0) is 15.7. The first-order valence-corrected chi connectivity index (χ1v) is 7.46. The molecule has 0 amide bonds. The number of benzene rings is 1. The molecule has 0 aliphatic carbocycles. The summed E-state index contributed by atoms with van der Waals surface area (Å²) in [5, 5.41) is 19.1. The third-order valence-electron chi connectivity index (χ3n) is 3.88. The van der Waals surface area contributed by atoms with E-state index in [-0.39, 0.29) is 0 Å². The van der Waals surface area contributed by atoms with E-state index in [1.165, 1.54) is 0 Å². The Morgan fingerprint density at radius 1 is 1.23 bits per heavy atom. The summed E-state index contributed by atoms with van der Waals surface area (Å²) >= 11 is 0. The van der Waals surface area contributed by atoms with Crippen molar-refractivity contribution in [1.82, 2.24) is 0 Å². The summed E-state index contributed by atoms with van der Waals surface area (Å²) in [6.07, 6.45) is -3.25. The second kappa shape index (κ2) is 6.23. The van der Waals surface area contributed by atoms with Gasteiger partial charge in [0.15, 0.2) is 12.1 Å². The lowest BCUT2D eigenvalue weighted by Crippen LogP contribution is -2.44. The van der Waals surface area contributed by atoms with Crippen LogP contribution >= 0.6 is 0 Å². The Morgan fingerprint density at radius 2 is 1.95 bits per heavy atom. The van der Waals surface area contributed by atoms with Crippen LogP contribution in [0.2, 0.25) is 0 Å². The third-order valence-corrected chi connectivity index (χ3v) is 3.88. The highest BCUT2D eigenvalue weighted by Crippen LogP contribution is 2.39. The lowest BCUT2D eigenvalue weighted by Gasteiger charge is -2.28. The molecule has 0 radical (unpaired) electrons. The van der Waals surface area contributed by atoms with Crippen LogP contribution in [0.15, 0.2) is 30.3 Å². The molecule has 1 aromatic rings. The molecule has 2 N–H and O–H groups in total. The van der Waals surface area contributed by atoms with Gasteiger partial charge in [0.05, 0.1) is 13.2 Å². The monoisotopic (exact) mass is 310 g/mol. The SMILES string of the molecule is CC1(C)O[C@@H]2O[C@H]([C@@H](O)CO)[C@H](OCc3ccccc3)[C@H]2O1. The lowest BCUT2D eigenvalue weighted by molar-refractivity contribution is -0.232. The maximum absolute atomic E-state index is 9.94. The molecule has 2 aliphatic rings. The standard InChI is InChI=1S/C16H22O6/c1-16(2)21-14-13(19-9-10-6-4-3-5-7-10)12(11(18)8-17)20-15(14)22-16/h3-7,11-15,17-18H,8-9H2,1-2H3/t11-,12+,13-,14+,15-/m0/s1. The van der Waals surface area contributed by atoms with Crippen molar-refractivity contribution < 1.29 is 29.2 Å². The predicted octanol–water partition coefficient (Wildman–Crippen LogP) is 0.801. The predicted molar refractivity (Wildman–Crippen MR) is 76.8 cm³/mol. The normalized spacial score (nSPS) is 34.5. The van der Waals surface area contributed by atoms with Crippen LogP contribution < -0.4 is 0 Å². The minimum atomic E-state index is -1.04. The molecule has 5 atom stereocenters. The molecule has 2 saturated heterocycles. The highest BCUT2D eigenvalue weighted by atomic mass is 16.8. The molecule has 0 bridgehead atoms. The molecule has 0 aromatic heterocycles. The number of fused-ring (bicyclic) bond motifs is 1. The Kier molecular flexibility index (Phi) is 4.49. The van der Waals surface area contributed by atoms with Crippen LogP contribution in [0.4, 0.5) is 0 Å². The minimum Gasteiger partial charge on any atom is -0.394 e. The summed E-state index contributed by atoms with van der Waals surface area (Å²) in [5.41, 5.74) is 1.02. The van der Waals surface area contributed by atoms with Gasteiger partial charge in [0.1, 0.15) is 24.4 Å². The van der Waals surface area contributed by atoms with E-state index < -0.39 is 43.1 Å². The highest BCUT2D eigenvalue weighted by Gasteiger charge is 2.56. The number of hydrogen-bond donors (Lipinski definition) is 2. The Morgan fingerprint density at radius 3 is 2.64 bits per heavy atom. The van der Waals surface area contributed by atoms with Crippen LogP contribution in [0.3, 0.4) is 0 Å². The van der Waals surface area contributed by atoms with Crippen molar-refractivity contribution in [3.05, 3.63) is 35.9 Å². The molecule has 2 heterocycles. The molecule has 0 saturated carbocycles. The molecule has 6 heteroatoms. The summed E-state index contributed by atoms with van der Waals surface area (Å²) in [4.78, 5) is 0. The van der Waals surface area contributed by atoms with E-state index in [1.54, 1.807) is 13.8 Å². The molecule has 0 spiro atoms. The van der Waals surface area contributed by atoms with Gasteiger partial charge in [0.25, 0.3) is 0 Å². The van der Waals surface area contributed by atoms with E-state index in [4.69, 9.17) is 18.9 Å². The molecular formula is C16H22O6. The van der Waals surface area contributed by atoms with Gasteiger partial charge < -0.3 is 29.2 Å². The van der Waals surface area contributed by atoms with Crippen LogP contribution in [0.1, 0.15) is 19.4 Å². The van der Waals surface area contributed by atoms with Crippen molar-refractivity contribution in [3.63, 3.8) is 0 Å². The fourth-order valence-electron chi connectivity index (χ4n) is 2.87. The van der Waals surface area contributed by atoms with Gasteiger partial charge in [-0.25, -0.2) is 0 Å². The molecule has 6 nitrogen and oxygen atoms in total. The fourth-order valence-corrected chi connectivity index (χ4v) is 2.87. The second-order valence-electron chi connectivity index (χ2n) is 6.08. The molecular weight excluding hydrogens is 288 g/mol. The second-order valence-corrected chi connectivity index (χ2v) is 6.08. The summed E-state index contributed by atoms with van der Waals surface area (Å²) in [6, 6.07) is 9.73. The van der Waals surface area contributed by atoms with E-state index in [2.05, 4.69) is 0 Å². The summed E-state index contributed by atoms with van der Waals surface area (Å²) in [6.45, 7) is 3.58. The number of rotatable bonds is 5. The number of ether oxygens (including phenoxy) is 4. The number of aliphatic hydroxyl groups is 2. The van der Waals surface area contributed by atoms with Crippen LogP contribution in [-0.2, 0) is 25.6 Å². The maximum atomic E-state index is 9.94. The van der Waals surface area contributed by atoms with Crippen molar-refractivity contribution in [1.29, 1.82) is 0 Å². The highest BCUT2D eigenvalue weighted by molar-refractivity contribution is 5.13. The van der Waals surface area contributed by atoms with Gasteiger partial charge in [0.2, 0.25) is 0 Å². The number of hydrogen-bond acceptors (Lipinski definition) is 6. The van der Waals surface area contributed by atoms with Crippen LogP contribution in [0.5, 0.6) is 0 Å². The van der Waals surface area contributed by atoms with Crippen molar-refractivity contribution in [3.8, 4) is 0 Å². The first kappa shape index (κ1) is 15.9. The summed E-state index contributed by atoms with van der Waals surface area (Å²) in [7, 11) is 0. The fraction of sp³-hybridized carbons (Fsp3) is 0.625. The van der Waals surface area contributed by atoms with E-state index in [0.29, 0.717) is 6.61 Å². The van der Waals surface area contributed by atoms with Gasteiger partial charge in [-0.1, -0.05) is 30.3 Å². The largest absolute Gasteiger partial charge is 0.394 e. The average Bonchev–Trinajstić information content (AvgIpc) is 2.97. The van der Waals surface area contributed by atoms with Gasteiger partial charge in [0, 0.05) is 0 Å². The molecule has 2 aliphatic heterocycles. The zero-order valence-corrected chi connectivity index (χ0v) is 12.7. The van der Waals surface area contributed by atoms with E-state index in [0.717, 1.165) is 5.56 Å². The minimum absolute atomic E-state index is 0.372. The van der Waals surface area contributed by atoms with E-state index in [9.17, 15) is 10.2 Å². The third kappa shape index (κ3) is 3.17.